The number of anilines is 1. The van der Waals surface area contributed by atoms with Crippen molar-refractivity contribution in [3.63, 3.8) is 0 Å². The van der Waals surface area contributed by atoms with Gasteiger partial charge in [0.25, 0.3) is 0 Å². The Morgan fingerprint density at radius 1 is 1.11 bits per heavy atom. The lowest BCUT2D eigenvalue weighted by atomic mass is 9.75. The van der Waals surface area contributed by atoms with Crippen molar-refractivity contribution in [3.8, 4) is 11.1 Å². The summed E-state index contributed by atoms with van der Waals surface area (Å²) in [6.45, 7) is 5.03. The van der Waals surface area contributed by atoms with E-state index in [1.807, 2.05) is 43.6 Å². The van der Waals surface area contributed by atoms with E-state index in [1.165, 1.54) is 0 Å². The summed E-state index contributed by atoms with van der Waals surface area (Å²) in [5, 5.41) is 14.5. The molecule has 1 aliphatic carbocycles. The lowest BCUT2D eigenvalue weighted by molar-refractivity contribution is -0.109. The predicted octanol–water partition coefficient (Wildman–Crippen LogP) is 4.91. The van der Waals surface area contributed by atoms with Crippen LogP contribution in [0.15, 0.2) is 78.5 Å². The van der Waals surface area contributed by atoms with Crippen molar-refractivity contribution in [2.24, 2.45) is 11.1 Å². The zero-order valence-corrected chi connectivity index (χ0v) is 20.6. The van der Waals surface area contributed by atoms with E-state index in [0.717, 1.165) is 58.5 Å². The first-order valence-corrected chi connectivity index (χ1v) is 11.7. The van der Waals surface area contributed by atoms with Gasteiger partial charge in [0, 0.05) is 60.9 Å². The minimum absolute atomic E-state index is 0.224. The number of amides is 1. The summed E-state index contributed by atoms with van der Waals surface area (Å²) in [6, 6.07) is 13.9. The van der Waals surface area contributed by atoms with E-state index in [4.69, 9.17) is 11.1 Å². The Kier molecular flexibility index (Phi) is 8.73. The van der Waals surface area contributed by atoms with Crippen LogP contribution < -0.4 is 16.4 Å². The van der Waals surface area contributed by atoms with Gasteiger partial charge in [-0.3, -0.25) is 20.2 Å². The third-order valence-electron chi connectivity index (χ3n) is 6.03. The van der Waals surface area contributed by atoms with Crippen LogP contribution in [0.5, 0.6) is 0 Å². The number of nitrogens with one attached hydrogen (secondary N) is 3. The molecule has 4 rings (SSSR count). The zero-order chi connectivity index (χ0) is 25.3. The fraction of sp³-hybridized carbons (Fsp3) is 0.286. The number of pyridine rings is 2. The molecule has 1 aromatic carbocycles. The Balaban J connectivity index is 0.000000287. The monoisotopic (exact) mass is 470 g/mol. The van der Waals surface area contributed by atoms with Crippen LogP contribution in [0, 0.1) is 10.8 Å². The van der Waals surface area contributed by atoms with Crippen LogP contribution in [0.25, 0.3) is 11.1 Å². The van der Waals surface area contributed by atoms with Crippen molar-refractivity contribution < 1.29 is 4.79 Å². The average Bonchev–Trinajstić information content (AvgIpc) is 2.88. The molecular weight excluding hydrogens is 436 g/mol. The van der Waals surface area contributed by atoms with Gasteiger partial charge in [-0.25, -0.2) is 0 Å². The van der Waals surface area contributed by atoms with Crippen LogP contribution in [-0.2, 0) is 11.3 Å². The highest BCUT2D eigenvalue weighted by Crippen LogP contribution is 2.38. The Morgan fingerprint density at radius 2 is 1.86 bits per heavy atom. The smallest absolute Gasteiger partial charge is 0.207 e. The van der Waals surface area contributed by atoms with Gasteiger partial charge in [-0.15, -0.1) is 0 Å². The van der Waals surface area contributed by atoms with Gasteiger partial charge in [-0.1, -0.05) is 26.0 Å². The third kappa shape index (κ3) is 7.24. The number of allylic oxidation sites excluding steroid dienone is 2. The highest BCUT2D eigenvalue weighted by molar-refractivity contribution is 6.12. The average molecular weight is 471 g/mol. The van der Waals surface area contributed by atoms with Crippen LogP contribution in [-0.4, -0.2) is 29.1 Å². The minimum Gasteiger partial charge on any atom is -0.402 e. The van der Waals surface area contributed by atoms with Gasteiger partial charge in [0.2, 0.25) is 6.41 Å². The number of carbonyl (C=O) groups excluding carboxylic acids is 1. The standard InChI is InChI=1S/C21H26N4.C7H8N2O/c1-21(2)7-6-18(19(22)12-21)20(23)16-9-15(10-17(11-16)24-3)14-5-4-8-25-13-14;10-6-9-5-7-2-1-3-8-4-7/h4-5,8-11,13,23-24H,6-7,12,22H2,1-3H3;1-4,6H,5H2,(H,9,10). The van der Waals surface area contributed by atoms with E-state index >= 15 is 0 Å². The first-order chi connectivity index (χ1) is 16.8. The second-order valence-electron chi connectivity index (χ2n) is 9.37. The number of rotatable bonds is 7. The Morgan fingerprint density at radius 3 is 2.46 bits per heavy atom. The molecule has 0 saturated heterocycles. The van der Waals surface area contributed by atoms with E-state index in [9.17, 15) is 4.79 Å². The predicted molar refractivity (Wildman–Crippen MR) is 142 cm³/mol. The summed E-state index contributed by atoms with van der Waals surface area (Å²) in [6.07, 6.45) is 10.5. The maximum absolute atomic E-state index is 9.85. The topological polar surface area (TPSA) is 117 Å². The van der Waals surface area contributed by atoms with Crippen molar-refractivity contribution in [3.05, 3.63) is 89.6 Å². The maximum Gasteiger partial charge on any atom is 0.207 e. The molecule has 0 atom stereocenters. The molecule has 2 heterocycles. The molecule has 1 aliphatic rings. The summed E-state index contributed by atoms with van der Waals surface area (Å²) in [5.41, 5.74) is 13.9. The number of hydrogen-bond donors (Lipinski definition) is 4. The fourth-order valence-corrected chi connectivity index (χ4v) is 4.07. The Labute approximate surface area is 207 Å². The van der Waals surface area contributed by atoms with Crippen LogP contribution in [0.1, 0.15) is 44.2 Å². The van der Waals surface area contributed by atoms with Gasteiger partial charge >= 0.3 is 0 Å². The highest BCUT2D eigenvalue weighted by Gasteiger charge is 2.27. The largest absolute Gasteiger partial charge is 0.402 e. The van der Waals surface area contributed by atoms with Crippen molar-refractivity contribution in [1.29, 1.82) is 5.41 Å². The molecule has 35 heavy (non-hydrogen) atoms. The van der Waals surface area contributed by atoms with Crippen LogP contribution in [0.2, 0.25) is 0 Å². The number of benzene rings is 1. The van der Waals surface area contributed by atoms with Crippen molar-refractivity contribution in [2.45, 2.75) is 39.7 Å². The highest BCUT2D eigenvalue weighted by atomic mass is 16.1. The molecule has 182 valence electrons. The second-order valence-corrected chi connectivity index (χ2v) is 9.37. The maximum atomic E-state index is 9.85. The van der Waals surface area contributed by atoms with E-state index in [2.05, 4.69) is 46.6 Å². The molecule has 3 aromatic rings. The van der Waals surface area contributed by atoms with E-state index < -0.39 is 0 Å². The second kappa shape index (κ2) is 11.9. The minimum atomic E-state index is 0.224. The van der Waals surface area contributed by atoms with Gasteiger partial charge in [0.15, 0.2) is 0 Å². The first-order valence-electron chi connectivity index (χ1n) is 11.7. The fourth-order valence-electron chi connectivity index (χ4n) is 4.07. The van der Waals surface area contributed by atoms with Gasteiger partial charge in [-0.05, 0) is 71.7 Å². The molecular formula is C28H34N6O. The molecule has 0 spiro atoms. The van der Waals surface area contributed by atoms with E-state index in [-0.39, 0.29) is 5.41 Å². The molecule has 7 heteroatoms. The quantitative estimate of drug-likeness (QED) is 0.289. The lowest BCUT2D eigenvalue weighted by Gasteiger charge is -2.32. The normalized spacial score (nSPS) is 14.4. The molecule has 5 N–H and O–H groups in total. The van der Waals surface area contributed by atoms with E-state index in [1.54, 1.807) is 18.6 Å². The lowest BCUT2D eigenvalue weighted by Crippen LogP contribution is -2.25. The number of hydrogen-bond acceptors (Lipinski definition) is 6. The molecule has 2 aromatic heterocycles. The summed E-state index contributed by atoms with van der Waals surface area (Å²) in [5.74, 6) is 0. The molecule has 0 aliphatic heterocycles. The number of nitrogens with zero attached hydrogens (tertiary/aromatic N) is 2. The van der Waals surface area contributed by atoms with Gasteiger partial charge < -0.3 is 16.4 Å². The van der Waals surface area contributed by atoms with Crippen molar-refractivity contribution in [2.75, 3.05) is 12.4 Å². The molecule has 0 saturated carbocycles. The van der Waals surface area contributed by atoms with Crippen molar-refractivity contribution >= 4 is 17.8 Å². The van der Waals surface area contributed by atoms with Crippen molar-refractivity contribution in [1.82, 2.24) is 15.3 Å². The van der Waals surface area contributed by atoms with Crippen LogP contribution >= 0.6 is 0 Å². The number of nitrogens with two attached hydrogens (primary N) is 1. The molecule has 0 fully saturated rings. The van der Waals surface area contributed by atoms with E-state index in [0.29, 0.717) is 18.7 Å². The van der Waals surface area contributed by atoms with Gasteiger partial charge in [0.1, 0.15) is 0 Å². The number of carbonyl (C=O) groups is 1. The van der Waals surface area contributed by atoms with Crippen LogP contribution in [0.4, 0.5) is 5.69 Å². The Bertz CT molecular complexity index is 1170. The molecule has 7 nitrogen and oxygen atoms in total. The first kappa shape index (κ1) is 25.6. The van der Waals surface area contributed by atoms with Crippen LogP contribution in [0.3, 0.4) is 0 Å². The molecule has 0 unspecified atom stereocenters. The molecule has 0 radical (unpaired) electrons. The summed E-state index contributed by atoms with van der Waals surface area (Å²) in [7, 11) is 1.90. The Hall–Kier alpha value is -4.00. The number of aromatic nitrogens is 2. The SMILES string of the molecule is CNc1cc(C(=N)C2=C(N)CC(C)(C)CC2)cc(-c2cccnc2)c1.O=CNCc1cccnc1. The van der Waals surface area contributed by atoms with Gasteiger partial charge in [-0.2, -0.15) is 0 Å². The summed E-state index contributed by atoms with van der Waals surface area (Å²) >= 11 is 0. The summed E-state index contributed by atoms with van der Waals surface area (Å²) < 4.78 is 0. The zero-order valence-electron chi connectivity index (χ0n) is 20.6. The summed E-state index contributed by atoms with van der Waals surface area (Å²) in [4.78, 5) is 17.9. The molecule has 0 bridgehead atoms. The molecule has 1 amide bonds. The third-order valence-corrected chi connectivity index (χ3v) is 6.03. The van der Waals surface area contributed by atoms with Gasteiger partial charge in [0.05, 0.1) is 5.71 Å².